The predicted molar refractivity (Wildman–Crippen MR) is 74.6 cm³/mol. The molecule has 1 aliphatic rings. The molecule has 1 saturated heterocycles. The third kappa shape index (κ3) is 2.77. The third-order valence-electron chi connectivity index (χ3n) is 3.62. The van der Waals surface area contributed by atoms with Crippen LogP contribution in [-0.2, 0) is 9.53 Å². The van der Waals surface area contributed by atoms with Gasteiger partial charge in [0.05, 0.1) is 23.6 Å². The molecule has 1 aromatic rings. The fourth-order valence-electron chi connectivity index (χ4n) is 2.44. The summed E-state index contributed by atoms with van der Waals surface area (Å²) in [6.45, 7) is 4.62. The molecule has 2 atom stereocenters. The number of halogens is 1. The third-order valence-corrected chi connectivity index (χ3v) is 3.94. The Morgan fingerprint density at radius 1 is 1.45 bits per heavy atom. The predicted octanol–water partition coefficient (Wildman–Crippen LogP) is 1.92. The van der Waals surface area contributed by atoms with Crippen LogP contribution in [0.15, 0.2) is 12.3 Å². The topological polar surface area (TPSA) is 59.5 Å². The highest BCUT2D eigenvalue weighted by Gasteiger charge is 2.38. The van der Waals surface area contributed by atoms with E-state index in [0.717, 1.165) is 5.69 Å². The number of pyridine rings is 1. The van der Waals surface area contributed by atoms with Gasteiger partial charge in [0.2, 0.25) is 0 Å². The first-order valence-corrected chi connectivity index (χ1v) is 6.81. The van der Waals surface area contributed by atoms with Crippen LogP contribution >= 0.6 is 11.6 Å². The molecule has 0 radical (unpaired) electrons. The zero-order valence-electron chi connectivity index (χ0n) is 11.7. The van der Waals surface area contributed by atoms with Crippen molar-refractivity contribution in [3.05, 3.63) is 28.5 Å². The van der Waals surface area contributed by atoms with E-state index in [-0.39, 0.29) is 23.7 Å². The number of ether oxygens (including phenoxy) is 1. The minimum atomic E-state index is -0.277. The van der Waals surface area contributed by atoms with E-state index < -0.39 is 0 Å². The molecular weight excluding hydrogens is 280 g/mol. The number of hydrogen-bond acceptors (Lipinski definition) is 4. The number of nitrogens with zero attached hydrogens (tertiary/aromatic N) is 2. The minimum Gasteiger partial charge on any atom is -0.469 e. The molecule has 1 amide bonds. The molecule has 0 N–H and O–H groups in total. The molecule has 0 aromatic carbocycles. The lowest BCUT2D eigenvalue weighted by Crippen LogP contribution is -2.30. The lowest BCUT2D eigenvalue weighted by molar-refractivity contribution is -0.146. The summed E-state index contributed by atoms with van der Waals surface area (Å²) < 4.78 is 4.76. The van der Waals surface area contributed by atoms with Crippen LogP contribution in [0, 0.1) is 18.8 Å². The van der Waals surface area contributed by atoms with Gasteiger partial charge in [-0.25, -0.2) is 0 Å². The second kappa shape index (κ2) is 5.79. The molecule has 2 heterocycles. The van der Waals surface area contributed by atoms with E-state index in [2.05, 4.69) is 4.98 Å². The SMILES string of the molecule is COC(=O)C1CN(C(=O)c2cnc(C)cc2Cl)CC1C. The highest BCUT2D eigenvalue weighted by molar-refractivity contribution is 6.33. The van der Waals surface area contributed by atoms with Crippen LogP contribution in [0.3, 0.4) is 0 Å². The van der Waals surface area contributed by atoms with Gasteiger partial charge in [-0.05, 0) is 18.9 Å². The second-order valence-corrected chi connectivity index (χ2v) is 5.53. The van der Waals surface area contributed by atoms with E-state index in [9.17, 15) is 9.59 Å². The van der Waals surface area contributed by atoms with Crippen LogP contribution in [-0.4, -0.2) is 42.0 Å². The normalized spacial score (nSPS) is 21.9. The fraction of sp³-hybridized carbons (Fsp3) is 0.500. The standard InChI is InChI=1S/C14H17ClN2O3/c1-8-6-17(7-11(8)14(19)20-3)13(18)10-5-16-9(2)4-12(10)15/h4-5,8,11H,6-7H2,1-3H3. The Morgan fingerprint density at radius 3 is 2.75 bits per heavy atom. The molecule has 6 heteroatoms. The van der Waals surface area contributed by atoms with E-state index in [0.29, 0.717) is 23.7 Å². The van der Waals surface area contributed by atoms with Gasteiger partial charge in [0, 0.05) is 25.0 Å². The molecule has 0 aliphatic carbocycles. The zero-order valence-corrected chi connectivity index (χ0v) is 12.5. The molecular formula is C14H17ClN2O3. The summed E-state index contributed by atoms with van der Waals surface area (Å²) in [6, 6.07) is 1.66. The lowest BCUT2D eigenvalue weighted by atomic mass is 9.99. The molecule has 108 valence electrons. The highest BCUT2D eigenvalue weighted by atomic mass is 35.5. The summed E-state index contributed by atoms with van der Waals surface area (Å²) in [6.07, 6.45) is 1.48. The molecule has 0 bridgehead atoms. The Kier molecular flexibility index (Phi) is 4.28. The monoisotopic (exact) mass is 296 g/mol. The average molecular weight is 297 g/mol. The van der Waals surface area contributed by atoms with E-state index in [4.69, 9.17) is 16.3 Å². The van der Waals surface area contributed by atoms with Crippen LogP contribution in [0.1, 0.15) is 23.0 Å². The lowest BCUT2D eigenvalue weighted by Gasteiger charge is -2.16. The number of hydrogen-bond donors (Lipinski definition) is 0. The summed E-state index contributed by atoms with van der Waals surface area (Å²) in [5.41, 5.74) is 1.13. The van der Waals surface area contributed by atoms with Crippen LogP contribution in [0.25, 0.3) is 0 Å². The number of methoxy groups -OCH3 is 1. The van der Waals surface area contributed by atoms with Crippen molar-refractivity contribution in [3.8, 4) is 0 Å². The van der Waals surface area contributed by atoms with Gasteiger partial charge in [-0.2, -0.15) is 0 Å². The van der Waals surface area contributed by atoms with Crippen LogP contribution in [0.5, 0.6) is 0 Å². The number of carbonyl (C=O) groups is 2. The van der Waals surface area contributed by atoms with Gasteiger partial charge in [-0.15, -0.1) is 0 Å². The number of amides is 1. The average Bonchev–Trinajstić information content (AvgIpc) is 2.79. The maximum atomic E-state index is 12.4. The van der Waals surface area contributed by atoms with Crippen molar-refractivity contribution in [2.75, 3.05) is 20.2 Å². The maximum absolute atomic E-state index is 12.4. The smallest absolute Gasteiger partial charge is 0.310 e. The van der Waals surface area contributed by atoms with E-state index in [1.54, 1.807) is 11.0 Å². The van der Waals surface area contributed by atoms with Gasteiger partial charge in [-0.3, -0.25) is 14.6 Å². The first kappa shape index (κ1) is 14.8. The summed E-state index contributed by atoms with van der Waals surface area (Å²) in [5.74, 6) is -0.675. The van der Waals surface area contributed by atoms with Crippen LogP contribution in [0.4, 0.5) is 0 Å². The number of likely N-dealkylation sites (tertiary alicyclic amines) is 1. The molecule has 1 fully saturated rings. The summed E-state index contributed by atoms with van der Waals surface area (Å²) >= 11 is 6.09. The fourth-order valence-corrected chi connectivity index (χ4v) is 2.73. The van der Waals surface area contributed by atoms with Crippen molar-refractivity contribution >= 4 is 23.5 Å². The molecule has 20 heavy (non-hydrogen) atoms. The van der Waals surface area contributed by atoms with E-state index in [1.807, 2.05) is 13.8 Å². The second-order valence-electron chi connectivity index (χ2n) is 5.12. The molecule has 5 nitrogen and oxygen atoms in total. The van der Waals surface area contributed by atoms with Crippen molar-refractivity contribution in [3.63, 3.8) is 0 Å². The minimum absolute atomic E-state index is 0.0728. The number of rotatable bonds is 2. The molecule has 0 spiro atoms. The Balaban J connectivity index is 2.17. The summed E-state index contributed by atoms with van der Waals surface area (Å²) in [7, 11) is 1.36. The first-order chi connectivity index (χ1) is 9.43. The van der Waals surface area contributed by atoms with Gasteiger partial charge in [0.1, 0.15) is 0 Å². The van der Waals surface area contributed by atoms with Gasteiger partial charge in [-0.1, -0.05) is 18.5 Å². The number of esters is 1. The molecule has 1 aromatic heterocycles. The maximum Gasteiger partial charge on any atom is 0.310 e. The Labute approximate surface area is 122 Å². The van der Waals surface area contributed by atoms with Crippen LogP contribution < -0.4 is 0 Å². The number of aromatic nitrogens is 1. The Hall–Kier alpha value is -1.62. The zero-order chi connectivity index (χ0) is 14.9. The van der Waals surface area contributed by atoms with Gasteiger partial charge < -0.3 is 9.64 Å². The van der Waals surface area contributed by atoms with E-state index >= 15 is 0 Å². The van der Waals surface area contributed by atoms with E-state index in [1.165, 1.54) is 13.3 Å². The van der Waals surface area contributed by atoms with Crippen molar-refractivity contribution < 1.29 is 14.3 Å². The molecule has 2 unspecified atom stereocenters. The first-order valence-electron chi connectivity index (χ1n) is 6.43. The van der Waals surface area contributed by atoms with Crippen molar-refractivity contribution in [1.29, 1.82) is 0 Å². The van der Waals surface area contributed by atoms with Gasteiger partial charge in [0.25, 0.3) is 5.91 Å². The van der Waals surface area contributed by atoms with Crippen LogP contribution in [0.2, 0.25) is 5.02 Å². The largest absolute Gasteiger partial charge is 0.469 e. The molecule has 1 aliphatic heterocycles. The van der Waals surface area contributed by atoms with Crippen molar-refractivity contribution in [2.45, 2.75) is 13.8 Å². The van der Waals surface area contributed by atoms with Crippen molar-refractivity contribution in [2.24, 2.45) is 11.8 Å². The van der Waals surface area contributed by atoms with Gasteiger partial charge in [0.15, 0.2) is 0 Å². The molecule has 0 saturated carbocycles. The number of carbonyl (C=O) groups excluding carboxylic acids is 2. The Bertz CT molecular complexity index is 547. The van der Waals surface area contributed by atoms with Crippen molar-refractivity contribution in [1.82, 2.24) is 9.88 Å². The quantitative estimate of drug-likeness (QED) is 0.782. The highest BCUT2D eigenvalue weighted by Crippen LogP contribution is 2.27. The molecule has 2 rings (SSSR count). The van der Waals surface area contributed by atoms with Gasteiger partial charge >= 0.3 is 5.97 Å². The Morgan fingerprint density at radius 2 is 2.15 bits per heavy atom. The number of aryl methyl sites for hydroxylation is 1. The summed E-state index contributed by atoms with van der Waals surface area (Å²) in [5, 5.41) is 0.386. The summed E-state index contributed by atoms with van der Waals surface area (Å²) in [4.78, 5) is 29.8.